The lowest BCUT2D eigenvalue weighted by Gasteiger charge is -2.13. The van der Waals surface area contributed by atoms with E-state index in [0.717, 1.165) is 17.8 Å². The zero-order valence-corrected chi connectivity index (χ0v) is 13.0. The lowest BCUT2D eigenvalue weighted by molar-refractivity contribution is 0.284. The van der Waals surface area contributed by atoms with Gasteiger partial charge in [0.2, 0.25) is 0 Å². The summed E-state index contributed by atoms with van der Waals surface area (Å²) < 4.78 is 43.4. The molecule has 0 radical (unpaired) electrons. The van der Waals surface area contributed by atoms with Gasteiger partial charge in [-0.1, -0.05) is 0 Å². The second-order valence-electron chi connectivity index (χ2n) is 4.70. The molecule has 2 rings (SSSR count). The van der Waals surface area contributed by atoms with Crippen molar-refractivity contribution < 1.29 is 17.5 Å². The van der Waals surface area contributed by atoms with Gasteiger partial charge in [-0.05, 0) is 32.0 Å². The molecule has 0 aliphatic carbocycles. The Morgan fingerprint density at radius 3 is 2.76 bits per heavy atom. The predicted octanol–water partition coefficient (Wildman–Crippen LogP) is 3.11. The third-order valence-electron chi connectivity index (χ3n) is 2.85. The molecule has 0 unspecified atom stereocenters. The molecule has 0 aliphatic heterocycles. The van der Waals surface area contributed by atoms with Crippen LogP contribution in [0.15, 0.2) is 35.6 Å². The Labute approximate surface area is 126 Å². The molecule has 114 valence electrons. The molecule has 0 saturated carbocycles. The fourth-order valence-corrected chi connectivity index (χ4v) is 2.83. The van der Waals surface area contributed by atoms with Crippen LogP contribution < -0.4 is 4.74 Å². The first-order valence-electron chi connectivity index (χ1n) is 6.16. The Morgan fingerprint density at radius 1 is 1.43 bits per heavy atom. The summed E-state index contributed by atoms with van der Waals surface area (Å²) in [5.41, 5.74) is 0.771. The standard InChI is InChI=1S/C13H14ClFN2O3S/c1-9(2)17-8-16-6-11(17)7-20-12-4-3-10(15)5-13(12)21(14,18)19/h3-6,8-9H,7H2,1-2H3. The van der Waals surface area contributed by atoms with E-state index in [1.165, 1.54) is 6.07 Å². The van der Waals surface area contributed by atoms with Crippen molar-refractivity contribution in [3.8, 4) is 5.75 Å². The zero-order chi connectivity index (χ0) is 15.6. The van der Waals surface area contributed by atoms with Crippen molar-refractivity contribution in [2.24, 2.45) is 0 Å². The summed E-state index contributed by atoms with van der Waals surface area (Å²) >= 11 is 0. The number of ether oxygens (including phenoxy) is 1. The van der Waals surface area contributed by atoms with Gasteiger partial charge in [-0.15, -0.1) is 0 Å². The molecule has 0 amide bonds. The van der Waals surface area contributed by atoms with Crippen molar-refractivity contribution in [3.63, 3.8) is 0 Å². The van der Waals surface area contributed by atoms with E-state index in [1.807, 2.05) is 18.4 Å². The lowest BCUT2D eigenvalue weighted by atomic mass is 10.3. The minimum absolute atomic E-state index is 0.00269. The number of imidazole rings is 1. The third kappa shape index (κ3) is 3.74. The van der Waals surface area contributed by atoms with E-state index in [9.17, 15) is 12.8 Å². The molecule has 5 nitrogen and oxygen atoms in total. The summed E-state index contributed by atoms with van der Waals surface area (Å²) in [6.45, 7) is 4.07. The van der Waals surface area contributed by atoms with Crippen molar-refractivity contribution in [1.82, 2.24) is 9.55 Å². The maximum absolute atomic E-state index is 13.2. The van der Waals surface area contributed by atoms with Crippen molar-refractivity contribution >= 4 is 19.7 Å². The number of hydrogen-bond donors (Lipinski definition) is 0. The monoisotopic (exact) mass is 332 g/mol. The van der Waals surface area contributed by atoms with Gasteiger partial charge in [0.15, 0.2) is 0 Å². The smallest absolute Gasteiger partial charge is 0.265 e. The fourth-order valence-electron chi connectivity index (χ4n) is 1.85. The van der Waals surface area contributed by atoms with Crippen LogP contribution in [-0.2, 0) is 15.7 Å². The largest absolute Gasteiger partial charge is 0.486 e. The molecule has 0 spiro atoms. The van der Waals surface area contributed by atoms with E-state index in [4.69, 9.17) is 15.4 Å². The van der Waals surface area contributed by atoms with Gasteiger partial charge in [-0.25, -0.2) is 17.8 Å². The van der Waals surface area contributed by atoms with Gasteiger partial charge in [0.05, 0.1) is 18.2 Å². The maximum Gasteiger partial charge on any atom is 0.265 e. The van der Waals surface area contributed by atoms with Gasteiger partial charge in [0.1, 0.15) is 23.1 Å². The fraction of sp³-hybridized carbons (Fsp3) is 0.308. The van der Waals surface area contributed by atoms with E-state index in [0.29, 0.717) is 0 Å². The van der Waals surface area contributed by atoms with Crippen LogP contribution >= 0.6 is 10.7 Å². The Morgan fingerprint density at radius 2 is 2.14 bits per heavy atom. The SMILES string of the molecule is CC(C)n1cncc1COc1ccc(F)cc1S(=O)(=O)Cl. The van der Waals surface area contributed by atoms with E-state index in [1.54, 1.807) is 12.5 Å². The van der Waals surface area contributed by atoms with Gasteiger partial charge in [-0.3, -0.25) is 0 Å². The number of hydrogen-bond acceptors (Lipinski definition) is 4. The highest BCUT2D eigenvalue weighted by molar-refractivity contribution is 8.13. The zero-order valence-electron chi connectivity index (χ0n) is 11.5. The molecule has 2 aromatic rings. The van der Waals surface area contributed by atoms with Crippen LogP contribution in [0.5, 0.6) is 5.75 Å². The average Bonchev–Trinajstić information content (AvgIpc) is 2.84. The molecule has 1 aromatic heterocycles. The number of halogens is 2. The molecule has 0 saturated heterocycles. The molecule has 1 aromatic carbocycles. The highest BCUT2D eigenvalue weighted by Gasteiger charge is 2.18. The first kappa shape index (κ1) is 15.8. The molecule has 21 heavy (non-hydrogen) atoms. The molecule has 0 fully saturated rings. The number of nitrogens with zero attached hydrogens (tertiary/aromatic N) is 2. The Bertz CT molecular complexity index is 744. The van der Waals surface area contributed by atoms with E-state index in [-0.39, 0.29) is 23.3 Å². The highest BCUT2D eigenvalue weighted by atomic mass is 35.7. The average molecular weight is 333 g/mol. The summed E-state index contributed by atoms with van der Waals surface area (Å²) in [5.74, 6) is -0.697. The molecule has 0 bridgehead atoms. The topological polar surface area (TPSA) is 61.2 Å². The molecule has 0 N–H and O–H groups in total. The van der Waals surface area contributed by atoms with Gasteiger partial charge < -0.3 is 9.30 Å². The molecule has 0 atom stereocenters. The van der Waals surface area contributed by atoms with Gasteiger partial charge >= 0.3 is 0 Å². The summed E-state index contributed by atoms with van der Waals surface area (Å²) in [6, 6.07) is 3.37. The first-order chi connectivity index (χ1) is 9.79. The number of rotatable bonds is 5. The highest BCUT2D eigenvalue weighted by Crippen LogP contribution is 2.28. The van der Waals surface area contributed by atoms with Crippen molar-refractivity contribution in [1.29, 1.82) is 0 Å². The Balaban J connectivity index is 2.27. The van der Waals surface area contributed by atoms with Crippen LogP contribution in [0.1, 0.15) is 25.6 Å². The van der Waals surface area contributed by atoms with Crippen LogP contribution in [-0.4, -0.2) is 18.0 Å². The van der Waals surface area contributed by atoms with Crippen LogP contribution in [0, 0.1) is 5.82 Å². The van der Waals surface area contributed by atoms with Crippen LogP contribution in [0.25, 0.3) is 0 Å². The van der Waals surface area contributed by atoms with E-state index < -0.39 is 14.9 Å². The van der Waals surface area contributed by atoms with Crippen LogP contribution in [0.4, 0.5) is 4.39 Å². The maximum atomic E-state index is 13.2. The molecule has 8 heteroatoms. The Kier molecular flexibility index (Phi) is 4.53. The van der Waals surface area contributed by atoms with Gasteiger partial charge in [0, 0.05) is 16.7 Å². The number of aromatic nitrogens is 2. The second kappa shape index (κ2) is 6.03. The Hall–Kier alpha value is -1.60. The van der Waals surface area contributed by atoms with E-state index in [2.05, 4.69) is 4.98 Å². The number of benzene rings is 1. The van der Waals surface area contributed by atoms with Gasteiger partial charge in [-0.2, -0.15) is 0 Å². The molecular formula is C13H14ClFN2O3S. The summed E-state index contributed by atoms with van der Waals surface area (Å²) in [4.78, 5) is 3.63. The quantitative estimate of drug-likeness (QED) is 0.789. The second-order valence-corrected chi connectivity index (χ2v) is 7.24. The summed E-state index contributed by atoms with van der Waals surface area (Å²) in [5, 5.41) is 0. The summed E-state index contributed by atoms with van der Waals surface area (Å²) in [6.07, 6.45) is 3.28. The lowest BCUT2D eigenvalue weighted by Crippen LogP contribution is -2.08. The first-order valence-corrected chi connectivity index (χ1v) is 8.47. The van der Waals surface area contributed by atoms with Crippen molar-refractivity contribution in [2.45, 2.75) is 31.4 Å². The minimum Gasteiger partial charge on any atom is -0.486 e. The van der Waals surface area contributed by atoms with Crippen molar-refractivity contribution in [2.75, 3.05) is 0 Å². The van der Waals surface area contributed by atoms with Crippen LogP contribution in [0.3, 0.4) is 0 Å². The van der Waals surface area contributed by atoms with Crippen LogP contribution in [0.2, 0.25) is 0 Å². The summed E-state index contributed by atoms with van der Waals surface area (Å²) in [7, 11) is 1.20. The molecule has 0 aliphatic rings. The normalized spacial score (nSPS) is 11.9. The minimum atomic E-state index is -4.09. The van der Waals surface area contributed by atoms with Gasteiger partial charge in [0.25, 0.3) is 9.05 Å². The predicted molar refractivity (Wildman–Crippen MR) is 76.4 cm³/mol. The molecule has 1 heterocycles. The molecular weight excluding hydrogens is 319 g/mol. The van der Waals surface area contributed by atoms with Crippen molar-refractivity contribution in [3.05, 3.63) is 42.2 Å². The third-order valence-corrected chi connectivity index (χ3v) is 4.19. The van der Waals surface area contributed by atoms with E-state index >= 15 is 0 Å².